The second kappa shape index (κ2) is 9.63. The minimum atomic E-state index is -3.69. The molecule has 0 bridgehead atoms. The van der Waals surface area contributed by atoms with Crippen molar-refractivity contribution < 1.29 is 8.42 Å². The largest absolute Gasteiger partial charge is 0.256 e. The van der Waals surface area contributed by atoms with Gasteiger partial charge in [0.05, 0.1) is 10.6 Å². The number of sulfonamides is 1. The van der Waals surface area contributed by atoms with Gasteiger partial charge in [0, 0.05) is 23.7 Å². The van der Waals surface area contributed by atoms with Gasteiger partial charge in [-0.15, -0.1) is 0 Å². The normalized spacial score (nSPS) is 12.3. The molecule has 1 N–H and O–H groups in total. The number of benzene rings is 1. The van der Waals surface area contributed by atoms with Gasteiger partial charge in [0.1, 0.15) is 0 Å². The SMILES string of the molecule is CC(C)c1cc(C(C)C)c(S(=O)(=O)NCc2ccnc(-c3ccsc3)c2)c(C(C)C)c1. The molecule has 3 aromatic rings. The van der Waals surface area contributed by atoms with Crippen molar-refractivity contribution in [2.45, 2.75) is 70.7 Å². The minimum Gasteiger partial charge on any atom is -0.256 e. The molecule has 2 aromatic heterocycles. The highest BCUT2D eigenvalue weighted by atomic mass is 32.2. The molecule has 0 aliphatic heterocycles. The van der Waals surface area contributed by atoms with Crippen LogP contribution in [0.2, 0.25) is 0 Å². The van der Waals surface area contributed by atoms with Gasteiger partial charge in [-0.25, -0.2) is 13.1 Å². The van der Waals surface area contributed by atoms with Crippen LogP contribution in [0.25, 0.3) is 11.3 Å². The summed E-state index contributed by atoms with van der Waals surface area (Å²) >= 11 is 1.62. The maximum atomic E-state index is 13.5. The van der Waals surface area contributed by atoms with Gasteiger partial charge in [-0.1, -0.05) is 53.7 Å². The van der Waals surface area contributed by atoms with E-state index < -0.39 is 10.0 Å². The number of hydrogen-bond donors (Lipinski definition) is 1. The van der Waals surface area contributed by atoms with Crippen LogP contribution < -0.4 is 4.72 Å². The third-order valence-electron chi connectivity index (χ3n) is 5.46. The molecule has 1 aromatic carbocycles. The van der Waals surface area contributed by atoms with Crippen LogP contribution in [0.4, 0.5) is 0 Å². The third-order valence-corrected chi connectivity index (χ3v) is 7.67. The maximum Gasteiger partial charge on any atom is 0.241 e. The van der Waals surface area contributed by atoms with Crippen molar-refractivity contribution in [2.24, 2.45) is 0 Å². The monoisotopic (exact) mass is 456 g/mol. The second-order valence-corrected chi connectivity index (χ2v) is 11.4. The Morgan fingerprint density at radius 2 is 1.58 bits per heavy atom. The molecule has 0 saturated carbocycles. The molecule has 31 heavy (non-hydrogen) atoms. The van der Waals surface area contributed by atoms with E-state index in [2.05, 4.69) is 63.4 Å². The number of rotatable bonds is 8. The van der Waals surface area contributed by atoms with E-state index in [1.54, 1.807) is 17.5 Å². The lowest BCUT2D eigenvalue weighted by molar-refractivity contribution is 0.575. The van der Waals surface area contributed by atoms with Crippen LogP contribution in [0.5, 0.6) is 0 Å². The summed E-state index contributed by atoms with van der Waals surface area (Å²) in [7, 11) is -3.69. The van der Waals surface area contributed by atoms with Gasteiger partial charge in [-0.05, 0) is 63.6 Å². The van der Waals surface area contributed by atoms with Gasteiger partial charge < -0.3 is 0 Å². The van der Waals surface area contributed by atoms with Crippen LogP contribution >= 0.6 is 11.3 Å². The smallest absolute Gasteiger partial charge is 0.241 e. The summed E-state index contributed by atoms with van der Waals surface area (Å²) in [6.07, 6.45) is 1.73. The van der Waals surface area contributed by atoms with Gasteiger partial charge in [0.2, 0.25) is 10.0 Å². The highest BCUT2D eigenvalue weighted by molar-refractivity contribution is 7.89. The van der Waals surface area contributed by atoms with Crippen molar-refractivity contribution in [3.05, 3.63) is 69.5 Å². The van der Waals surface area contributed by atoms with Gasteiger partial charge >= 0.3 is 0 Å². The standard InChI is InChI=1S/C25H32N2O2S2/c1-16(2)21-12-22(17(3)4)25(23(13-21)18(5)6)31(28,29)27-14-19-7-9-26-24(11-19)20-8-10-30-15-20/h7-13,15-18,27H,14H2,1-6H3. The van der Waals surface area contributed by atoms with Crippen molar-refractivity contribution in [3.8, 4) is 11.3 Å². The van der Waals surface area contributed by atoms with Crippen molar-refractivity contribution in [3.63, 3.8) is 0 Å². The number of nitrogens with zero attached hydrogens (tertiary/aromatic N) is 1. The Bertz CT molecular complexity index is 1100. The Kier molecular flexibility index (Phi) is 7.35. The van der Waals surface area contributed by atoms with Crippen molar-refractivity contribution in [1.29, 1.82) is 0 Å². The van der Waals surface area contributed by atoms with E-state index in [9.17, 15) is 8.42 Å². The summed E-state index contributed by atoms with van der Waals surface area (Å²) < 4.78 is 29.9. The number of aromatic nitrogens is 1. The Morgan fingerprint density at radius 3 is 2.10 bits per heavy atom. The Balaban J connectivity index is 1.97. The van der Waals surface area contributed by atoms with Crippen LogP contribution in [0.1, 0.15) is 81.5 Å². The molecule has 0 aliphatic carbocycles. The second-order valence-electron chi connectivity index (χ2n) is 8.88. The topological polar surface area (TPSA) is 59.1 Å². The third kappa shape index (κ3) is 5.43. The zero-order valence-corrected chi connectivity index (χ0v) is 20.8. The van der Waals surface area contributed by atoms with E-state index in [1.165, 1.54) is 5.56 Å². The highest BCUT2D eigenvalue weighted by Gasteiger charge is 2.26. The Morgan fingerprint density at radius 1 is 0.935 bits per heavy atom. The first-order chi connectivity index (χ1) is 14.6. The van der Waals surface area contributed by atoms with E-state index in [-0.39, 0.29) is 18.4 Å². The van der Waals surface area contributed by atoms with E-state index in [4.69, 9.17) is 0 Å². The minimum absolute atomic E-state index is 0.105. The Hall–Kier alpha value is -2.02. The molecule has 166 valence electrons. The predicted octanol–water partition coefficient (Wildman–Crippen LogP) is 6.66. The van der Waals surface area contributed by atoms with Gasteiger partial charge in [0.25, 0.3) is 0 Å². The highest BCUT2D eigenvalue weighted by Crippen LogP contribution is 2.35. The first kappa shape index (κ1) is 23.6. The molecule has 0 radical (unpaired) electrons. The molecule has 6 heteroatoms. The molecule has 0 amide bonds. The lowest BCUT2D eigenvalue weighted by atomic mass is 9.89. The van der Waals surface area contributed by atoms with Gasteiger partial charge in [-0.3, -0.25) is 4.98 Å². The van der Waals surface area contributed by atoms with Crippen molar-refractivity contribution >= 4 is 21.4 Å². The molecule has 0 aliphatic rings. The summed E-state index contributed by atoms with van der Waals surface area (Å²) in [4.78, 5) is 4.85. The van der Waals surface area contributed by atoms with Gasteiger partial charge in [-0.2, -0.15) is 11.3 Å². The first-order valence-corrected chi connectivity index (χ1v) is 13.2. The molecule has 0 spiro atoms. The number of thiophene rings is 1. The van der Waals surface area contributed by atoms with Gasteiger partial charge in [0.15, 0.2) is 0 Å². The average molecular weight is 457 g/mol. The molecule has 4 nitrogen and oxygen atoms in total. The fraction of sp³-hybridized carbons (Fsp3) is 0.400. The molecule has 0 saturated heterocycles. The summed E-state index contributed by atoms with van der Waals surface area (Å²) in [5.41, 5.74) is 5.73. The van der Waals surface area contributed by atoms with Crippen LogP contribution in [-0.2, 0) is 16.6 Å². The lowest BCUT2D eigenvalue weighted by Gasteiger charge is -2.23. The number of pyridine rings is 1. The van der Waals surface area contributed by atoms with E-state index in [0.717, 1.165) is 27.9 Å². The molecule has 0 atom stereocenters. The Labute approximate surface area is 190 Å². The maximum absolute atomic E-state index is 13.5. The average Bonchev–Trinajstić information content (AvgIpc) is 3.26. The molecule has 3 rings (SSSR count). The van der Waals surface area contributed by atoms with Crippen molar-refractivity contribution in [1.82, 2.24) is 9.71 Å². The summed E-state index contributed by atoms with van der Waals surface area (Å²) in [5.74, 6) is 0.551. The molecule has 0 unspecified atom stereocenters. The van der Waals surface area contributed by atoms with E-state index in [0.29, 0.717) is 10.8 Å². The molecular weight excluding hydrogens is 424 g/mol. The fourth-order valence-electron chi connectivity index (χ4n) is 3.60. The quantitative estimate of drug-likeness (QED) is 0.412. The van der Waals surface area contributed by atoms with E-state index >= 15 is 0 Å². The predicted molar refractivity (Wildman–Crippen MR) is 130 cm³/mol. The number of hydrogen-bond acceptors (Lipinski definition) is 4. The first-order valence-electron chi connectivity index (χ1n) is 10.7. The van der Waals surface area contributed by atoms with Crippen molar-refractivity contribution in [2.75, 3.05) is 0 Å². The summed E-state index contributed by atoms with van der Waals surface area (Å²) in [5, 5.41) is 4.05. The number of nitrogens with one attached hydrogen (secondary N) is 1. The van der Waals surface area contributed by atoms with Crippen LogP contribution in [0, 0.1) is 0 Å². The zero-order valence-electron chi connectivity index (χ0n) is 19.1. The van der Waals surface area contributed by atoms with E-state index in [1.807, 2.05) is 29.0 Å². The summed E-state index contributed by atoms with van der Waals surface area (Å²) in [6.45, 7) is 12.7. The van der Waals surface area contributed by atoms with Crippen LogP contribution in [0.15, 0.2) is 52.2 Å². The zero-order chi connectivity index (χ0) is 22.8. The van der Waals surface area contributed by atoms with Crippen LogP contribution in [0.3, 0.4) is 0 Å². The van der Waals surface area contributed by atoms with Crippen LogP contribution in [-0.4, -0.2) is 13.4 Å². The lowest BCUT2D eigenvalue weighted by Crippen LogP contribution is -2.26. The molecule has 2 heterocycles. The fourth-order valence-corrected chi connectivity index (χ4v) is 5.96. The molecular formula is C25H32N2O2S2. The molecule has 0 fully saturated rings. The summed E-state index contributed by atoms with van der Waals surface area (Å²) in [6, 6.07) is 9.95.